The lowest BCUT2D eigenvalue weighted by atomic mass is 9.87. The molecule has 2 N–H and O–H groups in total. The van der Waals surface area contributed by atoms with Crippen molar-refractivity contribution in [3.8, 4) is 5.75 Å². The highest BCUT2D eigenvalue weighted by molar-refractivity contribution is 6.24. The molecule has 7 rings (SSSR count). The van der Waals surface area contributed by atoms with Gasteiger partial charge in [-0.15, -0.1) is 0 Å². The van der Waals surface area contributed by atoms with E-state index in [2.05, 4.69) is 16.4 Å². The van der Waals surface area contributed by atoms with E-state index in [0.29, 0.717) is 19.4 Å². The van der Waals surface area contributed by atoms with E-state index in [1.165, 1.54) is 4.90 Å². The zero-order valence-electron chi connectivity index (χ0n) is 24.5. The Morgan fingerprint density at radius 3 is 2.45 bits per heavy atom. The molecule has 1 aromatic heterocycles. The molecule has 8 heteroatoms. The number of hydrogen-bond donors (Lipinski definition) is 2. The Balaban J connectivity index is 1.22. The molecule has 2 aliphatic heterocycles. The monoisotopic (exact) mass is 584 g/mol. The van der Waals surface area contributed by atoms with Gasteiger partial charge < -0.3 is 15.0 Å². The highest BCUT2D eigenvalue weighted by Gasteiger charge is 2.53. The highest BCUT2D eigenvalue weighted by atomic mass is 16.5. The SMILES string of the molecule is COc1ccc(CCNC(=O)c2ccccc2N2C(=O)C3Cc4c([nH]c5ccccc45)C(c4ccccc4C)N3C2=O)cc1. The molecule has 0 radical (unpaired) electrons. The second-order valence-electron chi connectivity index (χ2n) is 11.3. The smallest absolute Gasteiger partial charge is 0.332 e. The molecular formula is C36H32N4O4. The van der Waals surface area contributed by atoms with E-state index < -0.39 is 18.1 Å². The van der Waals surface area contributed by atoms with Crippen molar-refractivity contribution in [2.75, 3.05) is 18.6 Å². The largest absolute Gasteiger partial charge is 0.497 e. The van der Waals surface area contributed by atoms with Gasteiger partial charge in [0.15, 0.2) is 0 Å². The maximum absolute atomic E-state index is 14.4. The second-order valence-corrected chi connectivity index (χ2v) is 11.3. The quantitative estimate of drug-likeness (QED) is 0.232. The molecule has 44 heavy (non-hydrogen) atoms. The average Bonchev–Trinajstić information content (AvgIpc) is 3.54. The molecule has 2 unspecified atom stereocenters. The van der Waals surface area contributed by atoms with Gasteiger partial charge in [-0.05, 0) is 65.9 Å². The Hall–Kier alpha value is -5.37. The molecule has 8 nitrogen and oxygen atoms in total. The van der Waals surface area contributed by atoms with Crippen LogP contribution < -0.4 is 15.0 Å². The summed E-state index contributed by atoms with van der Waals surface area (Å²) in [6.45, 7) is 2.42. The van der Waals surface area contributed by atoms with Crippen LogP contribution in [-0.4, -0.2) is 47.4 Å². The molecule has 2 aliphatic rings. The van der Waals surface area contributed by atoms with E-state index in [4.69, 9.17) is 4.74 Å². The van der Waals surface area contributed by atoms with E-state index in [9.17, 15) is 14.4 Å². The molecule has 2 atom stereocenters. The fourth-order valence-electron chi connectivity index (χ4n) is 6.58. The predicted molar refractivity (Wildman–Crippen MR) is 169 cm³/mol. The number of hydrogen-bond acceptors (Lipinski definition) is 4. The van der Waals surface area contributed by atoms with Gasteiger partial charge in [0.25, 0.3) is 11.8 Å². The standard InChI is InChI=1S/C36H32N4O4/c1-22-9-3-4-10-25(22)33-32-28(26-11-5-7-13-29(26)38-32)21-31-35(42)40(36(43)39(31)33)30-14-8-6-12-27(30)34(41)37-20-19-23-15-17-24(44-2)18-16-23/h3-18,31,33,38H,19-21H2,1-2H3,(H,37,41). The van der Waals surface area contributed by atoms with Crippen LogP contribution in [0.25, 0.3) is 10.9 Å². The van der Waals surface area contributed by atoms with Crippen LogP contribution in [-0.2, 0) is 17.6 Å². The first kappa shape index (κ1) is 27.5. The van der Waals surface area contributed by atoms with Crippen molar-refractivity contribution in [3.63, 3.8) is 0 Å². The van der Waals surface area contributed by atoms with Crippen molar-refractivity contribution >= 4 is 34.4 Å². The van der Waals surface area contributed by atoms with Crippen molar-refractivity contribution < 1.29 is 19.1 Å². The van der Waals surface area contributed by atoms with Gasteiger partial charge in [-0.25, -0.2) is 9.69 Å². The molecule has 3 heterocycles. The summed E-state index contributed by atoms with van der Waals surface area (Å²) >= 11 is 0. The van der Waals surface area contributed by atoms with E-state index >= 15 is 0 Å². The lowest BCUT2D eigenvalue weighted by molar-refractivity contribution is -0.120. The predicted octanol–water partition coefficient (Wildman–Crippen LogP) is 5.94. The zero-order chi connectivity index (χ0) is 30.4. The first-order valence-corrected chi connectivity index (χ1v) is 14.8. The zero-order valence-corrected chi connectivity index (χ0v) is 24.5. The molecule has 0 aliphatic carbocycles. The third kappa shape index (κ3) is 4.50. The van der Waals surface area contributed by atoms with Gasteiger partial charge in [0, 0.05) is 29.6 Å². The lowest BCUT2D eigenvalue weighted by Gasteiger charge is -2.36. The summed E-state index contributed by atoms with van der Waals surface area (Å²) in [5.74, 6) is 0.0994. The van der Waals surface area contributed by atoms with E-state index in [0.717, 1.165) is 44.6 Å². The summed E-state index contributed by atoms with van der Waals surface area (Å²) in [6, 6.07) is 28.9. The fraction of sp³-hybridized carbons (Fsp3) is 0.194. The molecule has 4 amide bonds. The first-order valence-electron chi connectivity index (χ1n) is 14.8. The number of ether oxygens (including phenoxy) is 1. The summed E-state index contributed by atoms with van der Waals surface area (Å²) in [7, 11) is 1.62. The summed E-state index contributed by atoms with van der Waals surface area (Å²) in [5.41, 5.74) is 6.54. The highest BCUT2D eigenvalue weighted by Crippen LogP contribution is 2.45. The van der Waals surface area contributed by atoms with Crippen LogP contribution in [0.2, 0.25) is 0 Å². The van der Waals surface area contributed by atoms with Crippen molar-refractivity contribution in [1.82, 2.24) is 15.2 Å². The molecule has 4 aromatic carbocycles. The minimum absolute atomic E-state index is 0.278. The summed E-state index contributed by atoms with van der Waals surface area (Å²) in [4.78, 5) is 48.5. The molecule has 5 aromatic rings. The number of imide groups is 1. The van der Waals surface area contributed by atoms with Gasteiger partial charge in [-0.2, -0.15) is 0 Å². The van der Waals surface area contributed by atoms with Gasteiger partial charge in [-0.3, -0.25) is 14.5 Å². The number of H-pyrrole nitrogens is 1. The first-order chi connectivity index (χ1) is 21.5. The van der Waals surface area contributed by atoms with Crippen LogP contribution in [0, 0.1) is 6.92 Å². The second kappa shape index (κ2) is 11.0. The topological polar surface area (TPSA) is 94.7 Å². The minimum atomic E-state index is -0.704. The van der Waals surface area contributed by atoms with Crippen molar-refractivity contribution in [1.29, 1.82) is 0 Å². The van der Waals surface area contributed by atoms with Crippen LogP contribution in [0.15, 0.2) is 97.1 Å². The fourth-order valence-corrected chi connectivity index (χ4v) is 6.58. The lowest BCUT2D eigenvalue weighted by Crippen LogP contribution is -2.44. The minimum Gasteiger partial charge on any atom is -0.497 e. The number of anilines is 1. The van der Waals surface area contributed by atoms with Crippen LogP contribution in [0.4, 0.5) is 10.5 Å². The molecule has 1 fully saturated rings. The number of nitrogens with one attached hydrogen (secondary N) is 2. The molecule has 0 spiro atoms. The number of aromatic amines is 1. The van der Waals surface area contributed by atoms with E-state index in [1.807, 2.05) is 73.7 Å². The number of methoxy groups -OCH3 is 1. The van der Waals surface area contributed by atoms with Crippen LogP contribution >= 0.6 is 0 Å². The van der Waals surface area contributed by atoms with Gasteiger partial charge in [0.2, 0.25) is 0 Å². The number of aromatic nitrogens is 1. The van der Waals surface area contributed by atoms with E-state index in [-0.39, 0.29) is 23.1 Å². The van der Waals surface area contributed by atoms with E-state index in [1.54, 1.807) is 36.3 Å². The number of benzene rings is 4. The Morgan fingerprint density at radius 1 is 0.932 bits per heavy atom. The molecule has 1 saturated heterocycles. The average molecular weight is 585 g/mol. The summed E-state index contributed by atoms with van der Waals surface area (Å²) in [6.07, 6.45) is 1.01. The van der Waals surface area contributed by atoms with Crippen LogP contribution in [0.5, 0.6) is 5.75 Å². The normalized spacial score (nSPS) is 17.5. The van der Waals surface area contributed by atoms with Gasteiger partial charge in [0.1, 0.15) is 17.8 Å². The number of para-hydroxylation sites is 2. The summed E-state index contributed by atoms with van der Waals surface area (Å²) in [5, 5.41) is 4.02. The Kier molecular flexibility index (Phi) is 6.89. The maximum Gasteiger partial charge on any atom is 0.332 e. The van der Waals surface area contributed by atoms with Gasteiger partial charge >= 0.3 is 6.03 Å². The number of urea groups is 1. The molecule has 0 bridgehead atoms. The Bertz CT molecular complexity index is 1910. The third-order valence-electron chi connectivity index (χ3n) is 8.78. The van der Waals surface area contributed by atoms with Crippen LogP contribution in [0.3, 0.4) is 0 Å². The number of aryl methyl sites for hydroxylation is 1. The number of carbonyl (C=O) groups is 3. The Labute approximate surface area is 255 Å². The van der Waals surface area contributed by atoms with Crippen molar-refractivity contribution in [2.45, 2.75) is 31.8 Å². The van der Waals surface area contributed by atoms with Crippen molar-refractivity contribution in [2.24, 2.45) is 0 Å². The third-order valence-corrected chi connectivity index (χ3v) is 8.78. The van der Waals surface area contributed by atoms with Crippen molar-refractivity contribution in [3.05, 3.63) is 131 Å². The number of fused-ring (bicyclic) bond motifs is 4. The number of nitrogens with zero attached hydrogens (tertiary/aromatic N) is 2. The number of rotatable bonds is 7. The summed E-state index contributed by atoms with van der Waals surface area (Å²) < 4.78 is 5.22. The van der Waals surface area contributed by atoms with Crippen LogP contribution in [0.1, 0.15) is 44.3 Å². The van der Waals surface area contributed by atoms with Gasteiger partial charge in [0.05, 0.1) is 18.4 Å². The molecule has 220 valence electrons. The molecular weight excluding hydrogens is 552 g/mol. The molecule has 0 saturated carbocycles. The maximum atomic E-state index is 14.4. The van der Waals surface area contributed by atoms with Gasteiger partial charge in [-0.1, -0.05) is 66.7 Å². The number of carbonyl (C=O) groups excluding carboxylic acids is 3. The Morgan fingerprint density at radius 2 is 1.66 bits per heavy atom. The number of amides is 4.